The molecule has 2 aromatic heterocycles. The molecule has 5 heteroatoms. The predicted octanol–water partition coefficient (Wildman–Crippen LogP) is 4.97. The summed E-state index contributed by atoms with van der Waals surface area (Å²) in [4.78, 5) is 3.23. The highest BCUT2D eigenvalue weighted by Crippen LogP contribution is 2.27. The summed E-state index contributed by atoms with van der Waals surface area (Å²) >= 11 is 8.93. The van der Waals surface area contributed by atoms with Gasteiger partial charge in [0.2, 0.25) is 0 Å². The van der Waals surface area contributed by atoms with E-state index < -0.39 is 0 Å². The van der Waals surface area contributed by atoms with Crippen molar-refractivity contribution >= 4 is 39.2 Å². The van der Waals surface area contributed by atoms with Gasteiger partial charge in [0.25, 0.3) is 0 Å². The molecule has 0 aliphatic heterocycles. The summed E-state index contributed by atoms with van der Waals surface area (Å²) in [5, 5.41) is 0. The molecule has 3 nitrogen and oxygen atoms in total. The van der Waals surface area contributed by atoms with Gasteiger partial charge < -0.3 is 14.0 Å². The summed E-state index contributed by atoms with van der Waals surface area (Å²) in [5.41, 5.74) is 2.10. The lowest BCUT2D eigenvalue weighted by Gasteiger charge is -2.12. The van der Waals surface area contributed by atoms with Crippen molar-refractivity contribution in [2.45, 2.75) is 19.9 Å². The Hall–Kier alpha value is -1.33. The van der Waals surface area contributed by atoms with Gasteiger partial charge in [-0.3, -0.25) is 0 Å². The number of hydrogen-bond acceptors (Lipinski definition) is 2. The smallest absolute Gasteiger partial charge is 0.178 e. The summed E-state index contributed by atoms with van der Waals surface area (Å²) in [5.74, 6) is 1.82. The fourth-order valence-corrected chi connectivity index (χ4v) is 3.00. The summed E-state index contributed by atoms with van der Waals surface area (Å²) in [6.45, 7) is 4.03. The number of H-pyrrole nitrogens is 1. The van der Waals surface area contributed by atoms with Crippen LogP contribution in [0, 0.1) is 11.7 Å². The van der Waals surface area contributed by atoms with Crippen molar-refractivity contribution in [1.82, 2.24) is 9.55 Å². The molecule has 1 N–H and O–H groups in total. The van der Waals surface area contributed by atoms with Crippen LogP contribution in [0.3, 0.4) is 0 Å². The van der Waals surface area contributed by atoms with Gasteiger partial charge >= 0.3 is 0 Å². The van der Waals surface area contributed by atoms with E-state index in [0.29, 0.717) is 4.77 Å². The van der Waals surface area contributed by atoms with Crippen LogP contribution in [0.1, 0.15) is 24.5 Å². The Kier molecular flexibility index (Phi) is 3.11. The minimum Gasteiger partial charge on any atom is -0.464 e. The van der Waals surface area contributed by atoms with Crippen LogP contribution in [-0.4, -0.2) is 9.55 Å². The molecule has 0 bridgehead atoms. The number of imidazole rings is 1. The second-order valence-corrected chi connectivity index (χ2v) is 5.89. The molecule has 1 unspecified atom stereocenters. The van der Waals surface area contributed by atoms with Crippen molar-refractivity contribution in [3.63, 3.8) is 0 Å². The first-order chi connectivity index (χ1) is 9.06. The van der Waals surface area contributed by atoms with Gasteiger partial charge in [-0.2, -0.15) is 0 Å². The van der Waals surface area contributed by atoms with E-state index in [1.165, 1.54) is 0 Å². The molecular weight excluding hydrogens is 324 g/mol. The standard InChI is InChI=1S/C14H13BrN2OS/c1-8-3-6-13(18-8)9(2)17-12-7-10(15)4-5-11(12)16-14(17)19/h3-7,9H,1-2H3,(H,16,19). The molecule has 19 heavy (non-hydrogen) atoms. The zero-order valence-electron chi connectivity index (χ0n) is 10.6. The number of hydrogen-bond donors (Lipinski definition) is 1. The Morgan fingerprint density at radius 1 is 1.32 bits per heavy atom. The van der Waals surface area contributed by atoms with Gasteiger partial charge in [-0.05, 0) is 56.4 Å². The Balaban J connectivity index is 2.21. The number of halogens is 1. The molecule has 0 fully saturated rings. The highest BCUT2D eigenvalue weighted by atomic mass is 79.9. The maximum atomic E-state index is 5.71. The van der Waals surface area contributed by atoms with Crippen molar-refractivity contribution in [1.29, 1.82) is 0 Å². The van der Waals surface area contributed by atoms with Crippen molar-refractivity contribution in [2.75, 3.05) is 0 Å². The first kappa shape index (κ1) is 12.7. The van der Waals surface area contributed by atoms with E-state index in [4.69, 9.17) is 16.6 Å². The molecule has 98 valence electrons. The second-order valence-electron chi connectivity index (χ2n) is 4.59. The van der Waals surface area contributed by atoms with E-state index in [9.17, 15) is 0 Å². The third-order valence-corrected chi connectivity index (χ3v) is 4.03. The van der Waals surface area contributed by atoms with Crippen LogP contribution in [0.15, 0.2) is 39.2 Å². The van der Waals surface area contributed by atoms with Gasteiger partial charge in [0.05, 0.1) is 17.1 Å². The summed E-state index contributed by atoms with van der Waals surface area (Å²) in [6, 6.07) is 10.1. The molecule has 1 aromatic carbocycles. The van der Waals surface area contributed by atoms with Gasteiger partial charge in [0, 0.05) is 4.47 Å². The fourth-order valence-electron chi connectivity index (χ4n) is 2.28. The average Bonchev–Trinajstić information content (AvgIpc) is 2.91. The normalized spacial score (nSPS) is 13.0. The van der Waals surface area contributed by atoms with Gasteiger partial charge in [-0.15, -0.1) is 0 Å². The molecule has 0 aliphatic rings. The van der Waals surface area contributed by atoms with Crippen molar-refractivity contribution < 1.29 is 4.42 Å². The monoisotopic (exact) mass is 336 g/mol. The first-order valence-corrected chi connectivity index (χ1v) is 7.22. The van der Waals surface area contributed by atoms with Crippen LogP contribution in [0.2, 0.25) is 0 Å². The predicted molar refractivity (Wildman–Crippen MR) is 82.1 cm³/mol. The average molecular weight is 337 g/mol. The Morgan fingerprint density at radius 2 is 2.11 bits per heavy atom. The van der Waals surface area contributed by atoms with Gasteiger partial charge in [-0.25, -0.2) is 0 Å². The van der Waals surface area contributed by atoms with E-state index >= 15 is 0 Å². The van der Waals surface area contributed by atoms with E-state index in [-0.39, 0.29) is 6.04 Å². The first-order valence-electron chi connectivity index (χ1n) is 6.02. The molecule has 0 spiro atoms. The Morgan fingerprint density at radius 3 is 2.79 bits per heavy atom. The summed E-state index contributed by atoms with van der Waals surface area (Å²) in [6.07, 6.45) is 0. The van der Waals surface area contributed by atoms with Gasteiger partial charge in [-0.1, -0.05) is 15.9 Å². The topological polar surface area (TPSA) is 33.9 Å². The lowest BCUT2D eigenvalue weighted by Crippen LogP contribution is -2.05. The maximum Gasteiger partial charge on any atom is 0.178 e. The van der Waals surface area contributed by atoms with Crippen molar-refractivity contribution in [3.8, 4) is 0 Å². The highest BCUT2D eigenvalue weighted by molar-refractivity contribution is 9.10. The van der Waals surface area contributed by atoms with Crippen LogP contribution in [0.5, 0.6) is 0 Å². The SMILES string of the molecule is Cc1ccc(C(C)n2c(=S)[nH]c3ccc(Br)cc32)o1. The maximum absolute atomic E-state index is 5.71. The van der Waals surface area contributed by atoms with E-state index in [2.05, 4.69) is 38.5 Å². The third kappa shape index (κ3) is 2.17. The number of nitrogens with zero attached hydrogens (tertiary/aromatic N) is 1. The highest BCUT2D eigenvalue weighted by Gasteiger charge is 2.16. The quantitative estimate of drug-likeness (QED) is 0.670. The zero-order chi connectivity index (χ0) is 13.6. The molecule has 0 radical (unpaired) electrons. The van der Waals surface area contributed by atoms with E-state index in [0.717, 1.165) is 27.0 Å². The Bertz CT molecular complexity index is 799. The molecule has 0 saturated heterocycles. The Labute approximate surface area is 124 Å². The number of furan rings is 1. The summed E-state index contributed by atoms with van der Waals surface area (Å²) < 4.78 is 9.52. The summed E-state index contributed by atoms with van der Waals surface area (Å²) in [7, 11) is 0. The van der Waals surface area contributed by atoms with Crippen LogP contribution in [-0.2, 0) is 0 Å². The number of nitrogens with one attached hydrogen (secondary N) is 1. The van der Waals surface area contributed by atoms with E-state index in [1.54, 1.807) is 0 Å². The largest absolute Gasteiger partial charge is 0.464 e. The number of rotatable bonds is 2. The lowest BCUT2D eigenvalue weighted by molar-refractivity contribution is 0.431. The molecule has 3 aromatic rings. The van der Waals surface area contributed by atoms with Gasteiger partial charge in [0.1, 0.15) is 11.5 Å². The third-order valence-electron chi connectivity index (χ3n) is 3.24. The minimum atomic E-state index is 0.0595. The van der Waals surface area contributed by atoms with Crippen LogP contribution >= 0.6 is 28.1 Å². The minimum absolute atomic E-state index is 0.0595. The molecule has 3 rings (SSSR count). The second kappa shape index (κ2) is 4.65. The molecular formula is C14H13BrN2OS. The molecule has 2 heterocycles. The number of aromatic amines is 1. The lowest BCUT2D eigenvalue weighted by atomic mass is 10.2. The molecule has 1 atom stereocenters. The van der Waals surface area contributed by atoms with Gasteiger partial charge in [0.15, 0.2) is 4.77 Å². The zero-order valence-corrected chi connectivity index (χ0v) is 13.0. The molecule has 0 aliphatic carbocycles. The van der Waals surface area contributed by atoms with E-state index in [1.807, 2.05) is 31.2 Å². The molecule has 0 saturated carbocycles. The van der Waals surface area contributed by atoms with Crippen LogP contribution in [0.25, 0.3) is 11.0 Å². The molecule has 0 amide bonds. The number of fused-ring (bicyclic) bond motifs is 1. The number of benzene rings is 1. The van der Waals surface area contributed by atoms with Crippen LogP contribution < -0.4 is 0 Å². The van der Waals surface area contributed by atoms with Crippen molar-refractivity contribution in [2.24, 2.45) is 0 Å². The number of aryl methyl sites for hydroxylation is 1. The number of aromatic nitrogens is 2. The van der Waals surface area contributed by atoms with Crippen molar-refractivity contribution in [3.05, 3.63) is 51.1 Å². The fraction of sp³-hybridized carbons (Fsp3) is 0.214. The van der Waals surface area contributed by atoms with Crippen LogP contribution in [0.4, 0.5) is 0 Å².